The van der Waals surface area contributed by atoms with Crippen LogP contribution in [-0.4, -0.2) is 42.1 Å². The highest BCUT2D eigenvalue weighted by Crippen LogP contribution is 2.34. The van der Waals surface area contributed by atoms with Gasteiger partial charge in [0, 0.05) is 30.6 Å². The molecule has 0 bridgehead atoms. The van der Waals surface area contributed by atoms with Crippen LogP contribution in [0.5, 0.6) is 0 Å². The van der Waals surface area contributed by atoms with E-state index in [0.717, 1.165) is 41.5 Å². The third kappa shape index (κ3) is 3.42. The maximum absolute atomic E-state index is 12.0. The summed E-state index contributed by atoms with van der Waals surface area (Å²) < 4.78 is 6.37. The number of hydrogen-bond donors (Lipinski definition) is 0. The van der Waals surface area contributed by atoms with Crippen molar-refractivity contribution in [1.82, 2.24) is 9.88 Å². The maximum atomic E-state index is 12.0. The Morgan fingerprint density at radius 3 is 2.95 bits per heavy atom. The molecule has 3 rings (SSSR count). The number of fused-ring (bicyclic) bond motifs is 1. The molecule has 22 heavy (non-hydrogen) atoms. The molecule has 0 atom stereocenters. The lowest BCUT2D eigenvalue weighted by Crippen LogP contribution is -2.39. The van der Waals surface area contributed by atoms with Gasteiger partial charge in [-0.1, -0.05) is 11.6 Å². The van der Waals surface area contributed by atoms with Crippen LogP contribution < -0.4 is 0 Å². The van der Waals surface area contributed by atoms with Crippen LogP contribution in [0.2, 0.25) is 5.02 Å². The Labute approximate surface area is 139 Å². The van der Waals surface area contributed by atoms with E-state index < -0.39 is 0 Å². The summed E-state index contributed by atoms with van der Waals surface area (Å²) in [6.07, 6.45) is 1.93. The van der Waals surface area contributed by atoms with E-state index in [4.69, 9.17) is 21.3 Å². The number of benzene rings is 1. The summed E-state index contributed by atoms with van der Waals surface area (Å²) in [7, 11) is 0. The molecule has 1 aliphatic rings. The zero-order valence-corrected chi connectivity index (χ0v) is 14.1. The van der Waals surface area contributed by atoms with Gasteiger partial charge in [0.05, 0.1) is 15.2 Å². The van der Waals surface area contributed by atoms with E-state index >= 15 is 0 Å². The molecule has 2 heterocycles. The minimum Gasteiger partial charge on any atom is -0.372 e. The molecule has 0 radical (unpaired) electrons. The van der Waals surface area contributed by atoms with Gasteiger partial charge in [-0.2, -0.15) is 0 Å². The van der Waals surface area contributed by atoms with Gasteiger partial charge in [0.2, 0.25) is 5.91 Å². The number of halogens is 1. The van der Waals surface area contributed by atoms with E-state index in [-0.39, 0.29) is 12.5 Å². The summed E-state index contributed by atoms with van der Waals surface area (Å²) in [6.45, 7) is 4.25. The van der Waals surface area contributed by atoms with Gasteiger partial charge in [-0.25, -0.2) is 4.98 Å². The van der Waals surface area contributed by atoms with E-state index in [2.05, 4.69) is 0 Å². The van der Waals surface area contributed by atoms with Crippen molar-refractivity contribution in [2.24, 2.45) is 0 Å². The summed E-state index contributed by atoms with van der Waals surface area (Å²) in [5.41, 5.74) is 0.974. The Morgan fingerprint density at radius 1 is 1.45 bits per heavy atom. The topological polar surface area (TPSA) is 42.4 Å². The Kier molecular flexibility index (Phi) is 4.96. The number of thiazole rings is 1. The average molecular weight is 339 g/mol. The third-order valence-corrected chi connectivity index (χ3v) is 5.43. The Hall–Kier alpha value is -1.17. The fourth-order valence-electron chi connectivity index (χ4n) is 2.75. The predicted octanol–water partition coefficient (Wildman–Crippen LogP) is 3.69. The van der Waals surface area contributed by atoms with Gasteiger partial charge < -0.3 is 9.64 Å². The molecule has 0 saturated carbocycles. The number of piperidine rings is 1. The van der Waals surface area contributed by atoms with E-state index in [0.29, 0.717) is 12.5 Å². The van der Waals surface area contributed by atoms with Crippen LogP contribution in [-0.2, 0) is 9.53 Å². The van der Waals surface area contributed by atoms with E-state index in [1.165, 1.54) is 4.70 Å². The van der Waals surface area contributed by atoms with Crippen molar-refractivity contribution in [1.29, 1.82) is 0 Å². The number of nitrogens with zero attached hydrogens (tertiary/aromatic N) is 2. The molecule has 0 spiro atoms. The highest BCUT2D eigenvalue weighted by atomic mass is 35.5. The van der Waals surface area contributed by atoms with Gasteiger partial charge >= 0.3 is 0 Å². The molecule has 0 unspecified atom stereocenters. The van der Waals surface area contributed by atoms with Crippen LogP contribution in [0.15, 0.2) is 18.2 Å². The minimum absolute atomic E-state index is 0.0939. The minimum atomic E-state index is 0.0939. The average Bonchev–Trinajstić information content (AvgIpc) is 2.95. The lowest BCUT2D eigenvalue weighted by molar-refractivity contribution is -0.137. The fourth-order valence-corrected chi connectivity index (χ4v) is 4.03. The molecule has 1 aromatic heterocycles. The van der Waals surface area contributed by atoms with Crippen LogP contribution in [0.25, 0.3) is 10.2 Å². The number of ether oxygens (including phenoxy) is 1. The van der Waals surface area contributed by atoms with Crippen LogP contribution in [0.4, 0.5) is 0 Å². The van der Waals surface area contributed by atoms with E-state index in [1.54, 1.807) is 11.3 Å². The first kappa shape index (κ1) is 15.7. The molecule has 1 aromatic carbocycles. The predicted molar refractivity (Wildman–Crippen MR) is 89.7 cm³/mol. The summed E-state index contributed by atoms with van der Waals surface area (Å²) in [6, 6.07) is 5.85. The number of likely N-dealkylation sites (tertiary alicyclic amines) is 1. The van der Waals surface area contributed by atoms with Gasteiger partial charge in [-0.05, 0) is 38.0 Å². The van der Waals surface area contributed by atoms with Crippen molar-refractivity contribution >= 4 is 39.1 Å². The van der Waals surface area contributed by atoms with Gasteiger partial charge in [0.15, 0.2) is 0 Å². The summed E-state index contributed by atoms with van der Waals surface area (Å²) in [4.78, 5) is 18.6. The second-order valence-electron chi connectivity index (χ2n) is 5.46. The van der Waals surface area contributed by atoms with Crippen molar-refractivity contribution in [2.45, 2.75) is 25.7 Å². The molecule has 1 aliphatic heterocycles. The van der Waals surface area contributed by atoms with Crippen molar-refractivity contribution < 1.29 is 9.53 Å². The number of carbonyl (C=O) groups is 1. The molecule has 118 valence electrons. The molecule has 1 saturated heterocycles. The van der Waals surface area contributed by atoms with Crippen molar-refractivity contribution in [3.05, 3.63) is 28.2 Å². The second kappa shape index (κ2) is 6.94. The zero-order valence-electron chi connectivity index (χ0n) is 12.5. The zero-order chi connectivity index (χ0) is 15.5. The molecule has 1 fully saturated rings. The van der Waals surface area contributed by atoms with E-state index in [9.17, 15) is 4.79 Å². The molecule has 1 amide bonds. The molecule has 4 nitrogen and oxygen atoms in total. The molecule has 0 N–H and O–H groups in total. The first-order valence-corrected chi connectivity index (χ1v) is 8.78. The summed E-state index contributed by atoms with van der Waals surface area (Å²) in [5.74, 6) is 0.531. The number of aromatic nitrogens is 1. The third-order valence-electron chi connectivity index (χ3n) is 3.99. The summed E-state index contributed by atoms with van der Waals surface area (Å²) >= 11 is 7.76. The molecular weight excluding hydrogens is 320 g/mol. The lowest BCUT2D eigenvalue weighted by atomic mass is 9.97. The standard InChI is InChI=1S/C16H19ClN2O2S/c1-2-21-10-15(20)19-7-5-11(6-8-19)16-18-13-9-12(17)3-4-14(13)22-16/h3-4,9,11H,2,5-8,10H2,1H3. The molecule has 0 aliphatic carbocycles. The smallest absolute Gasteiger partial charge is 0.248 e. The van der Waals surface area contributed by atoms with Gasteiger partial charge in [-0.15, -0.1) is 11.3 Å². The van der Waals surface area contributed by atoms with Crippen LogP contribution in [0, 0.1) is 0 Å². The van der Waals surface area contributed by atoms with Crippen LogP contribution in [0.3, 0.4) is 0 Å². The highest BCUT2D eigenvalue weighted by Gasteiger charge is 2.25. The monoisotopic (exact) mass is 338 g/mol. The largest absolute Gasteiger partial charge is 0.372 e. The maximum Gasteiger partial charge on any atom is 0.248 e. The van der Waals surface area contributed by atoms with Crippen molar-refractivity contribution in [3.63, 3.8) is 0 Å². The molecule has 6 heteroatoms. The van der Waals surface area contributed by atoms with Crippen molar-refractivity contribution in [3.8, 4) is 0 Å². The van der Waals surface area contributed by atoms with Crippen LogP contribution >= 0.6 is 22.9 Å². The van der Waals surface area contributed by atoms with Crippen LogP contribution in [0.1, 0.15) is 30.7 Å². The number of carbonyl (C=O) groups excluding carboxylic acids is 1. The Morgan fingerprint density at radius 2 is 2.23 bits per heavy atom. The normalized spacial score (nSPS) is 16.4. The Bertz CT molecular complexity index is 665. The first-order valence-electron chi connectivity index (χ1n) is 7.59. The first-order chi connectivity index (χ1) is 10.7. The second-order valence-corrected chi connectivity index (χ2v) is 6.96. The number of amides is 1. The quantitative estimate of drug-likeness (QED) is 0.853. The number of hydrogen-bond acceptors (Lipinski definition) is 4. The number of rotatable bonds is 4. The highest BCUT2D eigenvalue weighted by molar-refractivity contribution is 7.18. The van der Waals surface area contributed by atoms with Gasteiger partial charge in [-0.3, -0.25) is 4.79 Å². The molecule has 2 aromatic rings. The fraction of sp³-hybridized carbons (Fsp3) is 0.500. The molecular formula is C16H19ClN2O2S. The van der Waals surface area contributed by atoms with Gasteiger partial charge in [0.1, 0.15) is 6.61 Å². The van der Waals surface area contributed by atoms with Gasteiger partial charge in [0.25, 0.3) is 0 Å². The summed E-state index contributed by atoms with van der Waals surface area (Å²) in [5, 5.41) is 1.88. The lowest BCUT2D eigenvalue weighted by Gasteiger charge is -2.31. The Balaban J connectivity index is 1.64. The van der Waals surface area contributed by atoms with E-state index in [1.807, 2.05) is 30.0 Å². The van der Waals surface area contributed by atoms with Crippen molar-refractivity contribution in [2.75, 3.05) is 26.3 Å². The SMILES string of the molecule is CCOCC(=O)N1CCC(c2nc3cc(Cl)ccc3s2)CC1.